The van der Waals surface area contributed by atoms with Gasteiger partial charge in [0, 0.05) is 29.2 Å². The summed E-state index contributed by atoms with van der Waals surface area (Å²) in [6, 6.07) is 27.7. The lowest BCUT2D eigenvalue weighted by Crippen LogP contribution is -2.12. The molecule has 0 unspecified atom stereocenters. The zero-order valence-corrected chi connectivity index (χ0v) is 18.7. The van der Waals surface area contributed by atoms with Crippen molar-refractivity contribution in [3.05, 3.63) is 96.3 Å². The number of carbonyl (C=O) groups excluding carboxylic acids is 1. The molecule has 0 aliphatic rings. The van der Waals surface area contributed by atoms with E-state index in [0.29, 0.717) is 18.7 Å². The molecular weight excluding hydrogens is 418 g/mol. The topological polar surface area (TPSA) is 71.8 Å². The van der Waals surface area contributed by atoms with Crippen LogP contribution in [0.5, 0.6) is 0 Å². The number of carbonyl (C=O) groups is 1. The van der Waals surface area contributed by atoms with Crippen molar-refractivity contribution in [2.45, 2.75) is 25.0 Å². The van der Waals surface area contributed by atoms with Crippen molar-refractivity contribution in [2.75, 3.05) is 16.4 Å². The van der Waals surface area contributed by atoms with Gasteiger partial charge in [0.05, 0.1) is 6.54 Å². The van der Waals surface area contributed by atoms with Gasteiger partial charge >= 0.3 is 0 Å². The molecule has 0 atom stereocenters. The van der Waals surface area contributed by atoms with Gasteiger partial charge < -0.3 is 10.6 Å². The predicted octanol–water partition coefficient (Wildman–Crippen LogP) is 5.31. The Kier molecular flexibility index (Phi) is 7.19. The van der Waals surface area contributed by atoms with Crippen LogP contribution >= 0.6 is 11.8 Å². The van der Waals surface area contributed by atoms with Crippen LogP contribution in [0.25, 0.3) is 5.69 Å². The van der Waals surface area contributed by atoms with Gasteiger partial charge in [-0.1, -0.05) is 66.4 Å². The highest BCUT2D eigenvalue weighted by molar-refractivity contribution is 7.99. The molecule has 0 fully saturated rings. The molecule has 4 rings (SSSR count). The quantitative estimate of drug-likeness (QED) is 0.343. The first-order chi connectivity index (χ1) is 15.7. The first-order valence-corrected chi connectivity index (χ1v) is 11.5. The molecule has 1 heterocycles. The Morgan fingerprint density at radius 1 is 0.906 bits per heavy atom. The van der Waals surface area contributed by atoms with E-state index in [1.807, 2.05) is 77.4 Å². The molecule has 4 aromatic rings. The first kappa shape index (κ1) is 21.6. The molecule has 1 amide bonds. The lowest BCUT2D eigenvalue weighted by atomic mass is 10.2. The van der Waals surface area contributed by atoms with E-state index in [9.17, 15) is 4.79 Å². The summed E-state index contributed by atoms with van der Waals surface area (Å²) in [5.41, 5.74) is 4.05. The SMILES string of the molecule is Cc1ccccc1NCc1nnc(SCCC(=O)Nc2ccccc2)n1-c1ccccc1. The Bertz CT molecular complexity index is 1160. The standard InChI is InChI=1S/C25H25N5OS/c1-19-10-8-9-15-22(19)26-18-23-28-29-25(30(23)21-13-6-3-7-14-21)32-17-16-24(31)27-20-11-4-2-5-12-20/h2-15,26H,16-18H2,1H3,(H,27,31). The minimum atomic E-state index is -0.0177. The summed E-state index contributed by atoms with van der Waals surface area (Å²) in [5.74, 6) is 1.40. The summed E-state index contributed by atoms with van der Waals surface area (Å²) in [6.07, 6.45) is 0.387. The zero-order valence-electron chi connectivity index (χ0n) is 17.9. The smallest absolute Gasteiger partial charge is 0.225 e. The molecule has 0 aliphatic heterocycles. The Labute approximate surface area is 192 Å². The number of hydrogen-bond acceptors (Lipinski definition) is 5. The van der Waals surface area contributed by atoms with Gasteiger partial charge in [0.25, 0.3) is 0 Å². The van der Waals surface area contributed by atoms with E-state index in [-0.39, 0.29) is 5.91 Å². The van der Waals surface area contributed by atoms with Gasteiger partial charge in [-0.3, -0.25) is 9.36 Å². The van der Waals surface area contributed by atoms with Crippen molar-refractivity contribution in [2.24, 2.45) is 0 Å². The van der Waals surface area contributed by atoms with E-state index < -0.39 is 0 Å². The lowest BCUT2D eigenvalue weighted by Gasteiger charge is -2.12. The maximum absolute atomic E-state index is 12.3. The van der Waals surface area contributed by atoms with Crippen LogP contribution in [0.2, 0.25) is 0 Å². The Balaban J connectivity index is 1.44. The molecule has 7 heteroatoms. The Hall–Kier alpha value is -3.58. The fraction of sp³-hybridized carbons (Fsp3) is 0.160. The normalized spacial score (nSPS) is 10.7. The van der Waals surface area contributed by atoms with E-state index in [4.69, 9.17) is 0 Å². The number of amides is 1. The number of hydrogen-bond donors (Lipinski definition) is 2. The fourth-order valence-corrected chi connectivity index (χ4v) is 4.18. The lowest BCUT2D eigenvalue weighted by molar-refractivity contribution is -0.115. The van der Waals surface area contributed by atoms with Gasteiger partial charge in [-0.2, -0.15) is 0 Å². The number of anilines is 2. The van der Waals surface area contributed by atoms with Crippen molar-refractivity contribution in [3.63, 3.8) is 0 Å². The van der Waals surface area contributed by atoms with Crippen LogP contribution in [0.3, 0.4) is 0 Å². The number of aryl methyl sites for hydroxylation is 1. The van der Waals surface area contributed by atoms with Crippen LogP contribution in [0.1, 0.15) is 17.8 Å². The van der Waals surface area contributed by atoms with Crippen molar-refractivity contribution in [1.29, 1.82) is 0 Å². The van der Waals surface area contributed by atoms with Crippen molar-refractivity contribution in [1.82, 2.24) is 14.8 Å². The number of nitrogens with zero attached hydrogens (tertiary/aromatic N) is 3. The molecule has 32 heavy (non-hydrogen) atoms. The molecule has 1 aromatic heterocycles. The van der Waals surface area contributed by atoms with Gasteiger partial charge in [0.15, 0.2) is 11.0 Å². The van der Waals surface area contributed by atoms with Crippen molar-refractivity contribution < 1.29 is 4.79 Å². The van der Waals surface area contributed by atoms with E-state index in [1.165, 1.54) is 17.3 Å². The number of para-hydroxylation sites is 3. The third-order valence-electron chi connectivity index (χ3n) is 4.91. The summed E-state index contributed by atoms with van der Waals surface area (Å²) in [4.78, 5) is 12.3. The van der Waals surface area contributed by atoms with Gasteiger partial charge in [-0.05, 0) is 42.8 Å². The van der Waals surface area contributed by atoms with E-state index in [0.717, 1.165) is 28.0 Å². The molecule has 0 spiro atoms. The summed E-state index contributed by atoms with van der Waals surface area (Å²) >= 11 is 1.53. The second-order valence-electron chi connectivity index (χ2n) is 7.25. The number of aromatic nitrogens is 3. The monoisotopic (exact) mass is 443 g/mol. The Morgan fingerprint density at radius 3 is 2.34 bits per heavy atom. The number of rotatable bonds is 9. The van der Waals surface area contributed by atoms with Crippen LogP contribution in [0, 0.1) is 6.92 Å². The number of thioether (sulfide) groups is 1. The summed E-state index contributed by atoms with van der Waals surface area (Å²) in [6.45, 7) is 2.62. The fourth-order valence-electron chi connectivity index (χ4n) is 3.27. The van der Waals surface area contributed by atoms with Gasteiger partial charge in [0.2, 0.25) is 5.91 Å². The largest absolute Gasteiger partial charge is 0.378 e. The summed E-state index contributed by atoms with van der Waals surface area (Å²) in [7, 11) is 0. The molecule has 0 bridgehead atoms. The maximum atomic E-state index is 12.3. The highest BCUT2D eigenvalue weighted by Crippen LogP contribution is 2.24. The average molecular weight is 444 g/mol. The molecule has 0 saturated heterocycles. The van der Waals surface area contributed by atoms with Crippen LogP contribution in [0.15, 0.2) is 90.1 Å². The summed E-state index contributed by atoms with van der Waals surface area (Å²) in [5, 5.41) is 16.0. The molecule has 6 nitrogen and oxygen atoms in total. The molecular formula is C25H25N5OS. The summed E-state index contributed by atoms with van der Waals surface area (Å²) < 4.78 is 2.05. The van der Waals surface area contributed by atoms with Crippen LogP contribution in [-0.4, -0.2) is 26.4 Å². The molecule has 3 aromatic carbocycles. The van der Waals surface area contributed by atoms with E-state index in [1.54, 1.807) is 0 Å². The van der Waals surface area contributed by atoms with E-state index >= 15 is 0 Å². The second kappa shape index (κ2) is 10.6. The molecule has 162 valence electrons. The highest BCUT2D eigenvalue weighted by atomic mass is 32.2. The molecule has 2 N–H and O–H groups in total. The van der Waals surface area contributed by atoms with Crippen molar-refractivity contribution >= 4 is 29.0 Å². The van der Waals surface area contributed by atoms with Gasteiger partial charge in [-0.25, -0.2) is 0 Å². The zero-order chi connectivity index (χ0) is 22.2. The first-order valence-electron chi connectivity index (χ1n) is 10.5. The number of benzene rings is 3. The third kappa shape index (κ3) is 5.56. The van der Waals surface area contributed by atoms with Gasteiger partial charge in [0.1, 0.15) is 0 Å². The second-order valence-corrected chi connectivity index (χ2v) is 8.31. The van der Waals surface area contributed by atoms with E-state index in [2.05, 4.69) is 39.9 Å². The minimum Gasteiger partial charge on any atom is -0.378 e. The average Bonchev–Trinajstić information content (AvgIpc) is 3.22. The maximum Gasteiger partial charge on any atom is 0.225 e. The van der Waals surface area contributed by atoms with Crippen LogP contribution in [-0.2, 0) is 11.3 Å². The van der Waals surface area contributed by atoms with Crippen molar-refractivity contribution in [3.8, 4) is 5.69 Å². The molecule has 0 aliphatic carbocycles. The third-order valence-corrected chi connectivity index (χ3v) is 5.85. The number of nitrogens with one attached hydrogen (secondary N) is 2. The predicted molar refractivity (Wildman–Crippen MR) is 130 cm³/mol. The molecule has 0 radical (unpaired) electrons. The van der Waals surface area contributed by atoms with Crippen LogP contribution < -0.4 is 10.6 Å². The Morgan fingerprint density at radius 2 is 1.59 bits per heavy atom. The highest BCUT2D eigenvalue weighted by Gasteiger charge is 2.15. The molecule has 0 saturated carbocycles. The van der Waals surface area contributed by atoms with Gasteiger partial charge in [-0.15, -0.1) is 10.2 Å². The minimum absolute atomic E-state index is 0.0177. The van der Waals surface area contributed by atoms with Crippen LogP contribution in [0.4, 0.5) is 11.4 Å².